The Kier molecular flexibility index (Phi) is 4.49. The molecule has 1 saturated heterocycles. The van der Waals surface area contributed by atoms with Crippen molar-refractivity contribution >= 4 is 11.8 Å². The average Bonchev–Trinajstić information content (AvgIpc) is 2.82. The van der Waals surface area contributed by atoms with E-state index in [-0.39, 0.29) is 29.8 Å². The second-order valence-electron chi connectivity index (χ2n) is 4.39. The molecule has 2 rings (SSSR count). The van der Waals surface area contributed by atoms with Crippen LogP contribution in [0.25, 0.3) is 0 Å². The van der Waals surface area contributed by atoms with Gasteiger partial charge in [-0.05, 0) is 18.6 Å². The second kappa shape index (κ2) is 6.31. The summed E-state index contributed by atoms with van der Waals surface area (Å²) < 4.78 is 28.8. The molecular weight excluding hydrogens is 270 g/mol. The Labute approximate surface area is 114 Å². The highest BCUT2D eigenvalue weighted by Gasteiger charge is 2.22. The van der Waals surface area contributed by atoms with Gasteiger partial charge in [-0.25, -0.2) is 0 Å². The fourth-order valence-corrected chi connectivity index (χ4v) is 1.99. The Morgan fingerprint density at radius 1 is 1.45 bits per heavy atom. The Morgan fingerprint density at radius 2 is 2.20 bits per heavy atom. The van der Waals surface area contributed by atoms with Crippen LogP contribution in [0.1, 0.15) is 23.2 Å². The van der Waals surface area contributed by atoms with Crippen LogP contribution in [-0.4, -0.2) is 31.0 Å². The minimum absolute atomic E-state index is 0.0390. The van der Waals surface area contributed by atoms with Gasteiger partial charge in [0.1, 0.15) is 5.75 Å². The van der Waals surface area contributed by atoms with Crippen molar-refractivity contribution < 1.29 is 23.1 Å². The lowest BCUT2D eigenvalue weighted by atomic mass is 10.1. The molecule has 1 heterocycles. The van der Waals surface area contributed by atoms with E-state index < -0.39 is 12.5 Å². The van der Waals surface area contributed by atoms with Crippen molar-refractivity contribution in [3.05, 3.63) is 29.8 Å². The van der Waals surface area contributed by atoms with E-state index in [0.717, 1.165) is 0 Å². The molecule has 1 aromatic carbocycles. The van der Waals surface area contributed by atoms with Crippen molar-refractivity contribution in [3.63, 3.8) is 0 Å². The first-order chi connectivity index (χ1) is 9.56. The van der Waals surface area contributed by atoms with Gasteiger partial charge < -0.3 is 15.4 Å². The maximum atomic E-state index is 12.2. The Morgan fingerprint density at radius 3 is 2.85 bits per heavy atom. The predicted octanol–water partition coefficient (Wildman–Crippen LogP) is 1.30. The molecule has 0 unspecified atom stereocenters. The van der Waals surface area contributed by atoms with Gasteiger partial charge in [-0.1, -0.05) is 12.1 Å². The lowest BCUT2D eigenvalue weighted by Crippen LogP contribution is -2.38. The SMILES string of the molecule is O=C1CC[C@@H](CNC(=O)c2ccccc2OC(F)F)N1. The first kappa shape index (κ1) is 14.2. The third-order valence-electron chi connectivity index (χ3n) is 2.94. The van der Waals surface area contributed by atoms with E-state index in [1.54, 1.807) is 6.07 Å². The third-order valence-corrected chi connectivity index (χ3v) is 2.94. The molecule has 1 atom stereocenters. The third kappa shape index (κ3) is 3.66. The normalized spacial score (nSPS) is 17.9. The molecule has 0 aliphatic carbocycles. The van der Waals surface area contributed by atoms with Crippen molar-refractivity contribution in [1.29, 1.82) is 0 Å². The standard InChI is InChI=1S/C13H14F2N2O3/c14-13(15)20-10-4-2-1-3-9(10)12(19)16-7-8-5-6-11(18)17-8/h1-4,8,13H,5-7H2,(H,16,19)(H,17,18)/t8-/m0/s1. The quantitative estimate of drug-likeness (QED) is 0.856. The number of hydrogen-bond donors (Lipinski definition) is 2. The van der Waals surface area contributed by atoms with Crippen LogP contribution >= 0.6 is 0 Å². The Bertz CT molecular complexity index is 508. The predicted molar refractivity (Wildman–Crippen MR) is 66.6 cm³/mol. The number of nitrogens with one attached hydrogen (secondary N) is 2. The van der Waals surface area contributed by atoms with Gasteiger partial charge in [-0.15, -0.1) is 0 Å². The summed E-state index contributed by atoms with van der Waals surface area (Å²) in [6.45, 7) is -2.73. The minimum atomic E-state index is -2.99. The van der Waals surface area contributed by atoms with Gasteiger partial charge in [0.15, 0.2) is 0 Å². The van der Waals surface area contributed by atoms with Crippen molar-refractivity contribution in [1.82, 2.24) is 10.6 Å². The second-order valence-corrected chi connectivity index (χ2v) is 4.39. The molecule has 0 radical (unpaired) electrons. The molecule has 2 N–H and O–H groups in total. The zero-order valence-corrected chi connectivity index (χ0v) is 10.6. The van der Waals surface area contributed by atoms with E-state index in [0.29, 0.717) is 12.8 Å². The van der Waals surface area contributed by atoms with Gasteiger partial charge in [-0.3, -0.25) is 9.59 Å². The van der Waals surface area contributed by atoms with Crippen LogP contribution in [0.15, 0.2) is 24.3 Å². The van der Waals surface area contributed by atoms with Crippen LogP contribution in [0.2, 0.25) is 0 Å². The zero-order chi connectivity index (χ0) is 14.5. The molecule has 1 aromatic rings. The summed E-state index contributed by atoms with van der Waals surface area (Å²) in [5.74, 6) is -0.733. The molecular formula is C13H14F2N2O3. The number of benzene rings is 1. The van der Waals surface area contributed by atoms with Gasteiger partial charge in [0.25, 0.3) is 5.91 Å². The molecule has 0 saturated carbocycles. The summed E-state index contributed by atoms with van der Waals surface area (Å²) in [6, 6.07) is 5.66. The highest BCUT2D eigenvalue weighted by molar-refractivity contribution is 5.97. The van der Waals surface area contributed by atoms with E-state index in [1.807, 2.05) is 0 Å². The van der Waals surface area contributed by atoms with Gasteiger partial charge in [0, 0.05) is 19.0 Å². The van der Waals surface area contributed by atoms with Crippen LogP contribution < -0.4 is 15.4 Å². The smallest absolute Gasteiger partial charge is 0.387 e. The lowest BCUT2D eigenvalue weighted by Gasteiger charge is -2.13. The molecule has 0 spiro atoms. The summed E-state index contributed by atoms with van der Waals surface area (Å²) in [7, 11) is 0. The van der Waals surface area contributed by atoms with Crippen LogP contribution in [0.3, 0.4) is 0 Å². The van der Waals surface area contributed by atoms with Gasteiger partial charge >= 0.3 is 6.61 Å². The Balaban J connectivity index is 1.96. The van der Waals surface area contributed by atoms with Crippen LogP contribution in [0, 0.1) is 0 Å². The van der Waals surface area contributed by atoms with Crippen LogP contribution in [-0.2, 0) is 4.79 Å². The van der Waals surface area contributed by atoms with Crippen LogP contribution in [0.4, 0.5) is 8.78 Å². The molecule has 1 aliphatic heterocycles. The number of rotatable bonds is 5. The highest BCUT2D eigenvalue weighted by Crippen LogP contribution is 2.20. The molecule has 5 nitrogen and oxygen atoms in total. The number of para-hydroxylation sites is 1. The van der Waals surface area contributed by atoms with Crippen molar-refractivity contribution in [2.75, 3.05) is 6.54 Å². The molecule has 0 bridgehead atoms. The molecule has 108 valence electrons. The molecule has 1 aliphatic rings. The van der Waals surface area contributed by atoms with Gasteiger partial charge in [0.2, 0.25) is 5.91 Å². The summed E-state index contributed by atoms with van der Waals surface area (Å²) in [4.78, 5) is 23.0. The van der Waals surface area contributed by atoms with Crippen LogP contribution in [0.5, 0.6) is 5.75 Å². The summed E-state index contributed by atoms with van der Waals surface area (Å²) >= 11 is 0. The average molecular weight is 284 g/mol. The topological polar surface area (TPSA) is 67.4 Å². The summed E-state index contributed by atoms with van der Waals surface area (Å²) in [5, 5.41) is 5.30. The largest absolute Gasteiger partial charge is 0.434 e. The van der Waals surface area contributed by atoms with Crippen molar-refractivity contribution in [2.24, 2.45) is 0 Å². The van der Waals surface area contributed by atoms with E-state index in [2.05, 4.69) is 15.4 Å². The zero-order valence-electron chi connectivity index (χ0n) is 10.6. The van der Waals surface area contributed by atoms with Gasteiger partial charge in [-0.2, -0.15) is 8.78 Å². The van der Waals surface area contributed by atoms with E-state index in [4.69, 9.17) is 0 Å². The Hall–Kier alpha value is -2.18. The number of ether oxygens (including phenoxy) is 1. The number of carbonyl (C=O) groups is 2. The van der Waals surface area contributed by atoms with Gasteiger partial charge in [0.05, 0.1) is 5.56 Å². The maximum absolute atomic E-state index is 12.2. The number of hydrogen-bond acceptors (Lipinski definition) is 3. The molecule has 20 heavy (non-hydrogen) atoms. The lowest BCUT2D eigenvalue weighted by molar-refractivity contribution is -0.119. The summed E-state index contributed by atoms with van der Waals surface area (Å²) in [6.07, 6.45) is 1.08. The molecule has 2 amide bonds. The fourth-order valence-electron chi connectivity index (χ4n) is 1.99. The minimum Gasteiger partial charge on any atom is -0.434 e. The van der Waals surface area contributed by atoms with Crippen molar-refractivity contribution in [3.8, 4) is 5.75 Å². The number of amides is 2. The highest BCUT2D eigenvalue weighted by atomic mass is 19.3. The maximum Gasteiger partial charge on any atom is 0.387 e. The number of carbonyl (C=O) groups excluding carboxylic acids is 2. The summed E-state index contributed by atoms with van der Waals surface area (Å²) in [5.41, 5.74) is 0.0390. The molecule has 0 aromatic heterocycles. The van der Waals surface area contributed by atoms with E-state index in [1.165, 1.54) is 18.2 Å². The van der Waals surface area contributed by atoms with E-state index >= 15 is 0 Å². The first-order valence-electron chi connectivity index (χ1n) is 6.17. The monoisotopic (exact) mass is 284 g/mol. The number of alkyl halides is 2. The number of halogens is 2. The fraction of sp³-hybridized carbons (Fsp3) is 0.385. The first-order valence-corrected chi connectivity index (χ1v) is 6.17. The van der Waals surface area contributed by atoms with Crippen molar-refractivity contribution in [2.45, 2.75) is 25.5 Å². The molecule has 1 fully saturated rings. The van der Waals surface area contributed by atoms with E-state index in [9.17, 15) is 18.4 Å². The molecule has 7 heteroatoms.